The van der Waals surface area contributed by atoms with Crippen molar-refractivity contribution in [2.45, 2.75) is 51.2 Å². The number of hydrogen-bond acceptors (Lipinski definition) is 6. The second-order valence-corrected chi connectivity index (χ2v) is 8.67. The van der Waals surface area contributed by atoms with E-state index in [4.69, 9.17) is 11.2 Å². The van der Waals surface area contributed by atoms with E-state index in [9.17, 15) is 14.9 Å². The van der Waals surface area contributed by atoms with Gasteiger partial charge in [0.2, 0.25) is 0 Å². The third-order valence-electron chi connectivity index (χ3n) is 6.41. The number of non-ortho nitro benzene ring substituents is 1. The lowest BCUT2D eigenvalue weighted by atomic mass is 9.89. The van der Waals surface area contributed by atoms with E-state index < -0.39 is 4.92 Å². The number of carbonyl (C=O) groups excluding carboxylic acids is 1. The zero-order chi connectivity index (χ0) is 24.8. The third-order valence-corrected chi connectivity index (χ3v) is 6.41. The molecule has 1 aliphatic rings. The molecule has 35 heavy (non-hydrogen) atoms. The SMILES string of the molecule is C#CCOc1ccc(CNC2CCCC(N(CC)C(=O)c3nc4ccc([N+](=O)[O-])cc4[nH]3)C2)cc1. The molecule has 0 bridgehead atoms. The molecule has 1 saturated carbocycles. The molecule has 1 fully saturated rings. The fraction of sp³-hybridized carbons (Fsp3) is 0.385. The van der Waals surface area contributed by atoms with Crippen LogP contribution in [0.2, 0.25) is 0 Å². The van der Waals surface area contributed by atoms with Crippen molar-refractivity contribution in [3.05, 3.63) is 64.0 Å². The topological polar surface area (TPSA) is 113 Å². The van der Waals surface area contributed by atoms with Crippen molar-refractivity contribution in [3.63, 3.8) is 0 Å². The zero-order valence-corrected chi connectivity index (χ0v) is 19.7. The molecule has 2 atom stereocenters. The summed E-state index contributed by atoms with van der Waals surface area (Å²) in [5, 5.41) is 14.7. The van der Waals surface area contributed by atoms with Gasteiger partial charge < -0.3 is 19.9 Å². The smallest absolute Gasteiger partial charge is 0.289 e. The largest absolute Gasteiger partial charge is 0.481 e. The second-order valence-electron chi connectivity index (χ2n) is 8.67. The second kappa shape index (κ2) is 11.0. The number of fused-ring (bicyclic) bond motifs is 1. The first kappa shape index (κ1) is 24.2. The Balaban J connectivity index is 1.38. The first-order chi connectivity index (χ1) is 17.0. The number of hydrogen-bond donors (Lipinski definition) is 2. The van der Waals surface area contributed by atoms with Crippen LogP contribution >= 0.6 is 0 Å². The number of nitrogens with one attached hydrogen (secondary N) is 2. The lowest BCUT2D eigenvalue weighted by Crippen LogP contribution is -2.47. The summed E-state index contributed by atoms with van der Waals surface area (Å²) in [6.45, 7) is 3.51. The van der Waals surface area contributed by atoms with Gasteiger partial charge >= 0.3 is 0 Å². The Morgan fingerprint density at radius 2 is 2.11 bits per heavy atom. The number of imidazole rings is 1. The van der Waals surface area contributed by atoms with Crippen molar-refractivity contribution in [3.8, 4) is 18.1 Å². The quantitative estimate of drug-likeness (QED) is 0.274. The molecular formula is C26H29N5O4. The average molecular weight is 476 g/mol. The van der Waals surface area contributed by atoms with E-state index in [-0.39, 0.29) is 30.1 Å². The van der Waals surface area contributed by atoms with Crippen molar-refractivity contribution < 1.29 is 14.5 Å². The van der Waals surface area contributed by atoms with Crippen LogP contribution < -0.4 is 10.1 Å². The maximum absolute atomic E-state index is 13.3. The molecule has 1 heterocycles. The Morgan fingerprint density at radius 1 is 1.31 bits per heavy atom. The Morgan fingerprint density at radius 3 is 2.83 bits per heavy atom. The molecule has 2 aromatic carbocycles. The summed E-state index contributed by atoms with van der Waals surface area (Å²) < 4.78 is 5.42. The number of terminal acetylenes is 1. The van der Waals surface area contributed by atoms with Gasteiger partial charge in [-0.2, -0.15) is 0 Å². The van der Waals surface area contributed by atoms with Crippen LogP contribution in [0.4, 0.5) is 5.69 Å². The van der Waals surface area contributed by atoms with Crippen LogP contribution in [-0.2, 0) is 6.54 Å². The van der Waals surface area contributed by atoms with Gasteiger partial charge in [0.25, 0.3) is 11.6 Å². The van der Waals surface area contributed by atoms with Gasteiger partial charge in [0.15, 0.2) is 5.82 Å². The minimum Gasteiger partial charge on any atom is -0.481 e. The van der Waals surface area contributed by atoms with Crippen LogP contribution in [0.3, 0.4) is 0 Å². The molecule has 3 aromatic rings. The van der Waals surface area contributed by atoms with Crippen LogP contribution in [0.25, 0.3) is 11.0 Å². The summed E-state index contributed by atoms with van der Waals surface area (Å²) in [5.74, 6) is 3.24. The van der Waals surface area contributed by atoms with Gasteiger partial charge in [-0.15, -0.1) is 6.42 Å². The fourth-order valence-electron chi connectivity index (χ4n) is 4.64. The summed E-state index contributed by atoms with van der Waals surface area (Å²) >= 11 is 0. The molecule has 1 aromatic heterocycles. The maximum Gasteiger partial charge on any atom is 0.289 e. The Bertz CT molecular complexity index is 1230. The van der Waals surface area contributed by atoms with E-state index in [0.29, 0.717) is 23.6 Å². The van der Waals surface area contributed by atoms with Crippen molar-refractivity contribution >= 4 is 22.6 Å². The van der Waals surface area contributed by atoms with E-state index in [2.05, 4.69) is 21.2 Å². The minimum absolute atomic E-state index is 0.0385. The Hall–Kier alpha value is -3.90. The number of nitro benzene ring substituents is 1. The molecule has 1 amide bonds. The van der Waals surface area contributed by atoms with E-state index in [1.165, 1.54) is 12.1 Å². The van der Waals surface area contributed by atoms with Crippen LogP contribution in [0, 0.1) is 22.5 Å². The number of carbonyl (C=O) groups is 1. The van der Waals surface area contributed by atoms with Gasteiger partial charge in [0, 0.05) is 37.3 Å². The number of aromatic amines is 1. The number of nitrogens with zero attached hydrogens (tertiary/aromatic N) is 3. The number of aromatic nitrogens is 2. The van der Waals surface area contributed by atoms with Gasteiger partial charge in [-0.25, -0.2) is 4.98 Å². The average Bonchev–Trinajstić information content (AvgIpc) is 3.31. The highest BCUT2D eigenvalue weighted by Crippen LogP contribution is 2.26. The summed E-state index contributed by atoms with van der Waals surface area (Å²) in [6.07, 6.45) is 9.10. The van der Waals surface area contributed by atoms with Crippen molar-refractivity contribution in [2.24, 2.45) is 0 Å². The number of H-pyrrole nitrogens is 1. The molecule has 0 radical (unpaired) electrons. The Kier molecular flexibility index (Phi) is 7.63. The molecule has 0 saturated heterocycles. The van der Waals surface area contributed by atoms with Crippen LogP contribution in [0.5, 0.6) is 5.75 Å². The van der Waals surface area contributed by atoms with Crippen LogP contribution in [0.15, 0.2) is 42.5 Å². The normalized spacial score (nSPS) is 17.6. The molecular weight excluding hydrogens is 446 g/mol. The minimum atomic E-state index is -0.462. The number of rotatable bonds is 9. The molecule has 4 rings (SSSR count). The summed E-state index contributed by atoms with van der Waals surface area (Å²) in [4.78, 5) is 33.1. The molecule has 182 valence electrons. The zero-order valence-electron chi connectivity index (χ0n) is 19.7. The number of ether oxygens (including phenoxy) is 1. The monoisotopic (exact) mass is 475 g/mol. The highest BCUT2D eigenvalue weighted by Gasteiger charge is 2.30. The van der Waals surface area contributed by atoms with E-state index in [0.717, 1.165) is 43.5 Å². The van der Waals surface area contributed by atoms with Crippen LogP contribution in [-0.4, -0.2) is 50.9 Å². The highest BCUT2D eigenvalue weighted by atomic mass is 16.6. The number of benzene rings is 2. The molecule has 2 unspecified atom stereocenters. The first-order valence-electron chi connectivity index (χ1n) is 11.8. The van der Waals surface area contributed by atoms with Crippen molar-refractivity contribution in [1.82, 2.24) is 20.2 Å². The lowest BCUT2D eigenvalue weighted by Gasteiger charge is -2.37. The molecule has 1 aliphatic carbocycles. The summed E-state index contributed by atoms with van der Waals surface area (Å²) in [5.41, 5.74) is 2.13. The van der Waals surface area contributed by atoms with Gasteiger partial charge in [-0.05, 0) is 56.4 Å². The van der Waals surface area contributed by atoms with Gasteiger partial charge in [0.05, 0.1) is 16.0 Å². The summed E-state index contributed by atoms with van der Waals surface area (Å²) in [6, 6.07) is 12.6. The van der Waals surface area contributed by atoms with E-state index in [1.807, 2.05) is 36.1 Å². The van der Waals surface area contributed by atoms with E-state index in [1.54, 1.807) is 6.07 Å². The maximum atomic E-state index is 13.3. The third kappa shape index (κ3) is 5.78. The van der Waals surface area contributed by atoms with E-state index >= 15 is 0 Å². The summed E-state index contributed by atoms with van der Waals surface area (Å²) in [7, 11) is 0. The predicted molar refractivity (Wildman–Crippen MR) is 133 cm³/mol. The van der Waals surface area contributed by atoms with Gasteiger partial charge in [0.1, 0.15) is 12.4 Å². The highest BCUT2D eigenvalue weighted by molar-refractivity contribution is 5.94. The lowest BCUT2D eigenvalue weighted by molar-refractivity contribution is -0.384. The van der Waals surface area contributed by atoms with Crippen molar-refractivity contribution in [2.75, 3.05) is 13.2 Å². The fourth-order valence-corrected chi connectivity index (χ4v) is 4.64. The van der Waals surface area contributed by atoms with Gasteiger partial charge in [-0.1, -0.05) is 18.1 Å². The van der Waals surface area contributed by atoms with Crippen molar-refractivity contribution in [1.29, 1.82) is 0 Å². The number of nitro groups is 1. The first-order valence-corrected chi connectivity index (χ1v) is 11.8. The Labute approximate surface area is 204 Å². The molecule has 0 aliphatic heterocycles. The molecule has 9 heteroatoms. The van der Waals surface area contributed by atoms with Crippen LogP contribution in [0.1, 0.15) is 48.8 Å². The number of amides is 1. The standard InChI is InChI=1S/C26H29N5O4/c1-3-14-35-22-11-8-18(9-12-22)17-27-19-6-5-7-20(15-19)30(4-2)26(32)25-28-23-13-10-21(31(33)34)16-24(23)29-25/h1,8-13,16,19-20,27H,4-7,14-15,17H2,2H3,(H,28,29). The molecule has 9 nitrogen and oxygen atoms in total. The van der Waals surface area contributed by atoms with Gasteiger partial charge in [-0.3, -0.25) is 14.9 Å². The molecule has 2 N–H and O–H groups in total. The molecule has 0 spiro atoms. The predicted octanol–water partition coefficient (Wildman–Crippen LogP) is 4.05.